The van der Waals surface area contributed by atoms with Crippen LogP contribution in [-0.2, 0) is 24.8 Å². The van der Waals surface area contributed by atoms with E-state index in [2.05, 4.69) is 51.8 Å². The minimum Gasteiger partial charge on any atom is -0.353 e. The van der Waals surface area contributed by atoms with Crippen LogP contribution in [0, 0.1) is 0 Å². The molecule has 0 saturated carbocycles. The summed E-state index contributed by atoms with van der Waals surface area (Å²) in [5, 5.41) is 10.3. The van der Waals surface area contributed by atoms with E-state index < -0.39 is 0 Å². The second-order valence-corrected chi connectivity index (χ2v) is 6.75. The molecular formula is C19H27N5O. The van der Waals surface area contributed by atoms with Gasteiger partial charge >= 0.3 is 0 Å². The molecule has 25 heavy (non-hydrogen) atoms. The Morgan fingerprint density at radius 1 is 1.32 bits per heavy atom. The maximum atomic E-state index is 12.5. The summed E-state index contributed by atoms with van der Waals surface area (Å²) in [6.07, 6.45) is 4.67. The topological polar surface area (TPSA) is 62.2 Å². The number of fused-ring (bicyclic) bond motifs is 1. The quantitative estimate of drug-likeness (QED) is 0.830. The van der Waals surface area contributed by atoms with Gasteiger partial charge in [0.15, 0.2) is 0 Å². The van der Waals surface area contributed by atoms with Gasteiger partial charge in [0.2, 0.25) is 5.91 Å². The number of hydrogen-bond donors (Lipinski definition) is 2. The molecule has 6 heteroatoms. The highest BCUT2D eigenvalue weighted by Gasteiger charge is 2.23. The van der Waals surface area contributed by atoms with Crippen molar-refractivity contribution >= 4 is 5.91 Å². The van der Waals surface area contributed by atoms with Gasteiger partial charge in [-0.3, -0.25) is 14.4 Å². The van der Waals surface area contributed by atoms with Gasteiger partial charge in [-0.1, -0.05) is 24.3 Å². The van der Waals surface area contributed by atoms with Crippen LogP contribution in [0.4, 0.5) is 0 Å². The van der Waals surface area contributed by atoms with E-state index in [0.29, 0.717) is 12.6 Å². The zero-order valence-corrected chi connectivity index (χ0v) is 15.2. The Kier molecular flexibility index (Phi) is 5.50. The summed E-state index contributed by atoms with van der Waals surface area (Å²) in [7, 11) is 3.65. The molecule has 0 aliphatic carbocycles. The van der Waals surface area contributed by atoms with Crippen LogP contribution >= 0.6 is 0 Å². The van der Waals surface area contributed by atoms with Crippen molar-refractivity contribution in [2.75, 3.05) is 20.1 Å². The summed E-state index contributed by atoms with van der Waals surface area (Å²) in [5.74, 6) is -0.0141. The van der Waals surface area contributed by atoms with Gasteiger partial charge < -0.3 is 10.6 Å². The first-order chi connectivity index (χ1) is 12.1. The Morgan fingerprint density at radius 3 is 2.76 bits per heavy atom. The van der Waals surface area contributed by atoms with E-state index in [4.69, 9.17) is 0 Å². The average Bonchev–Trinajstić information content (AvgIpc) is 3.05. The minimum atomic E-state index is -0.372. The van der Waals surface area contributed by atoms with Gasteiger partial charge in [0.25, 0.3) is 0 Å². The van der Waals surface area contributed by atoms with Crippen molar-refractivity contribution in [1.82, 2.24) is 25.3 Å². The number of amides is 1. The third-order valence-corrected chi connectivity index (χ3v) is 4.96. The molecule has 2 N–H and O–H groups in total. The number of rotatable bonds is 6. The second-order valence-electron chi connectivity index (χ2n) is 6.75. The van der Waals surface area contributed by atoms with Gasteiger partial charge in [-0.15, -0.1) is 0 Å². The molecule has 0 saturated heterocycles. The van der Waals surface area contributed by atoms with E-state index in [1.807, 2.05) is 13.2 Å². The fourth-order valence-corrected chi connectivity index (χ4v) is 3.41. The van der Waals surface area contributed by atoms with Crippen molar-refractivity contribution < 1.29 is 4.79 Å². The van der Waals surface area contributed by atoms with Crippen molar-refractivity contribution in [2.45, 2.75) is 32.0 Å². The molecule has 2 unspecified atom stereocenters. The lowest BCUT2D eigenvalue weighted by atomic mass is 9.99. The Morgan fingerprint density at radius 2 is 2.08 bits per heavy atom. The van der Waals surface area contributed by atoms with Gasteiger partial charge in [0.05, 0.1) is 6.20 Å². The van der Waals surface area contributed by atoms with Gasteiger partial charge in [-0.2, -0.15) is 5.10 Å². The summed E-state index contributed by atoms with van der Waals surface area (Å²) in [6, 6.07) is 8.54. The number of hydrogen-bond acceptors (Lipinski definition) is 4. The van der Waals surface area contributed by atoms with Gasteiger partial charge in [0, 0.05) is 44.5 Å². The molecule has 1 amide bonds. The summed E-state index contributed by atoms with van der Waals surface area (Å²) in [6.45, 7) is 4.80. The highest BCUT2D eigenvalue weighted by Crippen LogP contribution is 2.20. The molecule has 2 aromatic rings. The number of aryl methyl sites for hydroxylation is 1. The Balaban J connectivity index is 1.55. The van der Waals surface area contributed by atoms with Crippen LogP contribution < -0.4 is 10.6 Å². The SMILES string of the molecule is CNC(C(=O)NCC(C)N1CCc2ccccc2C1)c1cnn(C)c1. The van der Waals surface area contributed by atoms with Crippen LogP contribution in [0.5, 0.6) is 0 Å². The predicted molar refractivity (Wildman–Crippen MR) is 98.0 cm³/mol. The van der Waals surface area contributed by atoms with Gasteiger partial charge in [-0.25, -0.2) is 0 Å². The smallest absolute Gasteiger partial charge is 0.241 e. The molecule has 0 spiro atoms. The maximum absolute atomic E-state index is 12.5. The molecule has 0 fully saturated rings. The first kappa shape index (κ1) is 17.6. The van der Waals surface area contributed by atoms with Crippen molar-refractivity contribution in [3.8, 4) is 0 Å². The Hall–Kier alpha value is -2.18. The molecule has 0 radical (unpaired) electrons. The van der Waals surface area contributed by atoms with Crippen molar-refractivity contribution in [3.05, 3.63) is 53.3 Å². The van der Waals surface area contributed by atoms with E-state index >= 15 is 0 Å². The van der Waals surface area contributed by atoms with Crippen LogP contribution in [0.3, 0.4) is 0 Å². The van der Waals surface area contributed by atoms with E-state index in [1.54, 1.807) is 17.9 Å². The summed E-state index contributed by atoms with van der Waals surface area (Å²) < 4.78 is 1.71. The summed E-state index contributed by atoms with van der Waals surface area (Å²) in [5.41, 5.74) is 3.72. The Bertz CT molecular complexity index is 726. The zero-order valence-electron chi connectivity index (χ0n) is 15.2. The van der Waals surface area contributed by atoms with Gasteiger partial charge in [0.1, 0.15) is 6.04 Å². The number of nitrogens with one attached hydrogen (secondary N) is 2. The van der Waals surface area contributed by atoms with Crippen molar-refractivity contribution in [1.29, 1.82) is 0 Å². The first-order valence-corrected chi connectivity index (χ1v) is 8.83. The number of nitrogens with zero attached hydrogens (tertiary/aromatic N) is 3. The lowest BCUT2D eigenvalue weighted by Gasteiger charge is -2.34. The molecule has 1 aromatic heterocycles. The number of carbonyl (C=O) groups excluding carboxylic acids is 1. The van der Waals surface area contributed by atoms with Gasteiger partial charge in [-0.05, 0) is 31.5 Å². The molecule has 2 atom stereocenters. The summed E-state index contributed by atoms with van der Waals surface area (Å²) in [4.78, 5) is 15.0. The molecule has 3 rings (SSSR count). The number of benzene rings is 1. The van der Waals surface area contributed by atoms with E-state index in [9.17, 15) is 4.79 Å². The highest BCUT2D eigenvalue weighted by molar-refractivity contribution is 5.83. The van der Waals surface area contributed by atoms with E-state index in [0.717, 1.165) is 25.1 Å². The first-order valence-electron chi connectivity index (χ1n) is 8.83. The van der Waals surface area contributed by atoms with Crippen molar-refractivity contribution in [3.63, 3.8) is 0 Å². The van der Waals surface area contributed by atoms with Crippen molar-refractivity contribution in [2.24, 2.45) is 7.05 Å². The molecule has 0 bridgehead atoms. The number of aromatic nitrogens is 2. The largest absolute Gasteiger partial charge is 0.353 e. The van der Waals surface area contributed by atoms with Crippen LogP contribution in [0.1, 0.15) is 29.7 Å². The third-order valence-electron chi connectivity index (χ3n) is 4.96. The van der Waals surface area contributed by atoms with Crippen LogP contribution in [0.2, 0.25) is 0 Å². The maximum Gasteiger partial charge on any atom is 0.241 e. The Labute approximate surface area is 149 Å². The van der Waals surface area contributed by atoms with E-state index in [-0.39, 0.29) is 11.9 Å². The zero-order chi connectivity index (χ0) is 17.8. The highest BCUT2D eigenvalue weighted by atomic mass is 16.2. The lowest BCUT2D eigenvalue weighted by molar-refractivity contribution is -0.123. The lowest BCUT2D eigenvalue weighted by Crippen LogP contribution is -2.46. The fourth-order valence-electron chi connectivity index (χ4n) is 3.41. The van der Waals surface area contributed by atoms with Crippen LogP contribution in [0.25, 0.3) is 0 Å². The number of likely N-dealkylation sites (N-methyl/N-ethyl adjacent to an activating group) is 1. The monoisotopic (exact) mass is 341 g/mol. The predicted octanol–water partition coefficient (Wildman–Crippen LogP) is 1.24. The van der Waals surface area contributed by atoms with E-state index in [1.165, 1.54) is 11.1 Å². The minimum absolute atomic E-state index is 0.0141. The van der Waals surface area contributed by atoms with Crippen LogP contribution in [-0.4, -0.2) is 46.8 Å². The molecule has 2 heterocycles. The molecule has 6 nitrogen and oxygen atoms in total. The molecule has 1 aliphatic heterocycles. The third kappa shape index (κ3) is 4.08. The summed E-state index contributed by atoms with van der Waals surface area (Å²) >= 11 is 0. The van der Waals surface area contributed by atoms with Crippen LogP contribution in [0.15, 0.2) is 36.7 Å². The normalized spacial score (nSPS) is 16.9. The standard InChI is InChI=1S/C19H27N5O/c1-14(24-9-8-15-6-4-5-7-16(15)13-24)10-21-19(25)18(20-2)17-11-22-23(3)12-17/h4-7,11-12,14,18,20H,8-10,13H2,1-3H3,(H,21,25). The molecule has 1 aliphatic rings. The molecule has 134 valence electrons. The fraction of sp³-hybridized carbons (Fsp3) is 0.474. The second kappa shape index (κ2) is 7.80. The molecule has 1 aromatic carbocycles. The number of carbonyl (C=O) groups is 1. The molecular weight excluding hydrogens is 314 g/mol. The average molecular weight is 341 g/mol.